The van der Waals surface area contributed by atoms with Gasteiger partial charge in [-0.15, -0.1) is 0 Å². The van der Waals surface area contributed by atoms with Crippen LogP contribution in [0.5, 0.6) is 11.5 Å². The molecule has 2 rings (SSSR count). The fraction of sp³-hybridized carbons (Fsp3) is 0.357. The van der Waals surface area contributed by atoms with Gasteiger partial charge < -0.3 is 15.2 Å². The second kappa shape index (κ2) is 5.75. The Bertz CT molecular complexity index is 564. The average molecular weight is 261 g/mol. The van der Waals surface area contributed by atoms with Gasteiger partial charge in [-0.1, -0.05) is 0 Å². The number of H-pyrrole nitrogens is 1. The summed E-state index contributed by atoms with van der Waals surface area (Å²) in [6.07, 6.45) is 2.59. The van der Waals surface area contributed by atoms with Gasteiger partial charge in [0, 0.05) is 16.8 Å². The van der Waals surface area contributed by atoms with Crippen LogP contribution >= 0.6 is 0 Å². The minimum Gasteiger partial charge on any atom is -0.493 e. The summed E-state index contributed by atoms with van der Waals surface area (Å²) in [5.41, 5.74) is 9.72. The Kier molecular flexibility index (Phi) is 4.06. The summed E-state index contributed by atoms with van der Waals surface area (Å²) in [7, 11) is 3.27. The molecule has 0 aliphatic carbocycles. The third kappa shape index (κ3) is 2.56. The van der Waals surface area contributed by atoms with Crippen molar-refractivity contribution in [3.63, 3.8) is 0 Å². The average Bonchev–Trinajstić information content (AvgIpc) is 2.84. The molecule has 1 heterocycles. The first kappa shape index (κ1) is 13.4. The molecule has 19 heavy (non-hydrogen) atoms. The molecular weight excluding hydrogens is 242 g/mol. The smallest absolute Gasteiger partial charge is 0.168 e. The van der Waals surface area contributed by atoms with E-state index in [2.05, 4.69) is 16.3 Å². The fourth-order valence-electron chi connectivity index (χ4n) is 2.15. The van der Waals surface area contributed by atoms with Crippen molar-refractivity contribution in [1.29, 1.82) is 0 Å². The number of rotatable bonds is 5. The van der Waals surface area contributed by atoms with Crippen molar-refractivity contribution >= 4 is 0 Å². The van der Waals surface area contributed by atoms with Gasteiger partial charge in [0.1, 0.15) is 0 Å². The first-order valence-electron chi connectivity index (χ1n) is 6.16. The Morgan fingerprint density at radius 3 is 2.53 bits per heavy atom. The third-order valence-electron chi connectivity index (χ3n) is 3.09. The molecule has 0 saturated carbocycles. The van der Waals surface area contributed by atoms with Crippen molar-refractivity contribution in [3.05, 3.63) is 29.6 Å². The lowest BCUT2D eigenvalue weighted by Gasteiger charge is -2.14. The second-order valence-electron chi connectivity index (χ2n) is 4.33. The van der Waals surface area contributed by atoms with E-state index in [0.29, 0.717) is 18.0 Å². The van der Waals surface area contributed by atoms with Crippen molar-refractivity contribution in [2.75, 3.05) is 20.8 Å². The fourth-order valence-corrected chi connectivity index (χ4v) is 2.15. The van der Waals surface area contributed by atoms with Crippen molar-refractivity contribution in [3.8, 4) is 22.6 Å². The van der Waals surface area contributed by atoms with E-state index in [1.54, 1.807) is 20.4 Å². The third-order valence-corrected chi connectivity index (χ3v) is 3.09. The molecule has 5 heteroatoms. The van der Waals surface area contributed by atoms with Crippen LogP contribution in [0.3, 0.4) is 0 Å². The molecule has 0 bridgehead atoms. The maximum Gasteiger partial charge on any atom is 0.168 e. The summed E-state index contributed by atoms with van der Waals surface area (Å²) in [6.45, 7) is 2.57. The number of hydrogen-bond acceptors (Lipinski definition) is 4. The molecule has 0 saturated heterocycles. The zero-order chi connectivity index (χ0) is 13.8. The van der Waals surface area contributed by atoms with E-state index in [0.717, 1.165) is 28.8 Å². The SMILES string of the molecule is COc1cc(CCN)cc(-c2cn[nH]c2C)c1OC. The lowest BCUT2D eigenvalue weighted by atomic mass is 10.0. The molecule has 102 valence electrons. The van der Waals surface area contributed by atoms with Crippen LogP contribution in [0.25, 0.3) is 11.1 Å². The molecule has 3 N–H and O–H groups in total. The maximum atomic E-state index is 5.63. The Morgan fingerprint density at radius 2 is 2.00 bits per heavy atom. The number of nitrogens with one attached hydrogen (secondary N) is 1. The zero-order valence-electron chi connectivity index (χ0n) is 11.5. The normalized spacial score (nSPS) is 10.5. The number of hydrogen-bond donors (Lipinski definition) is 2. The van der Waals surface area contributed by atoms with Gasteiger partial charge in [-0.2, -0.15) is 5.10 Å². The molecule has 0 aliphatic heterocycles. The minimum absolute atomic E-state index is 0.597. The largest absolute Gasteiger partial charge is 0.493 e. The molecule has 1 aromatic heterocycles. The molecule has 0 spiro atoms. The van der Waals surface area contributed by atoms with E-state index in [-0.39, 0.29) is 0 Å². The van der Waals surface area contributed by atoms with E-state index >= 15 is 0 Å². The van der Waals surface area contributed by atoms with Crippen LogP contribution in [0.15, 0.2) is 18.3 Å². The summed E-state index contributed by atoms with van der Waals surface area (Å²) < 4.78 is 10.9. The van der Waals surface area contributed by atoms with Gasteiger partial charge >= 0.3 is 0 Å². The highest BCUT2D eigenvalue weighted by atomic mass is 16.5. The van der Waals surface area contributed by atoms with Crippen LogP contribution in [-0.4, -0.2) is 31.0 Å². The van der Waals surface area contributed by atoms with E-state index in [1.165, 1.54) is 0 Å². The number of aromatic nitrogens is 2. The lowest BCUT2D eigenvalue weighted by Crippen LogP contribution is -2.04. The molecule has 5 nitrogen and oxygen atoms in total. The Morgan fingerprint density at radius 1 is 1.21 bits per heavy atom. The molecule has 0 unspecified atom stereocenters. The summed E-state index contributed by atoms with van der Waals surface area (Å²) in [4.78, 5) is 0. The standard InChI is InChI=1S/C14H19N3O2/c1-9-12(8-16-17-9)11-6-10(4-5-15)7-13(18-2)14(11)19-3/h6-8H,4-5,15H2,1-3H3,(H,16,17). The number of ether oxygens (including phenoxy) is 2. The number of nitrogens with two attached hydrogens (primary N) is 1. The van der Waals surface area contributed by atoms with Gasteiger partial charge in [-0.05, 0) is 37.6 Å². The van der Waals surface area contributed by atoms with Crippen LogP contribution in [0.2, 0.25) is 0 Å². The second-order valence-corrected chi connectivity index (χ2v) is 4.33. The summed E-state index contributed by atoms with van der Waals surface area (Å²) in [5, 5.41) is 6.99. The molecule has 0 radical (unpaired) electrons. The molecule has 2 aromatic rings. The maximum absolute atomic E-state index is 5.63. The van der Waals surface area contributed by atoms with Crippen LogP contribution in [0, 0.1) is 6.92 Å². The number of benzene rings is 1. The van der Waals surface area contributed by atoms with E-state index in [4.69, 9.17) is 15.2 Å². The summed E-state index contributed by atoms with van der Waals surface area (Å²) in [6, 6.07) is 4.04. The molecule has 0 amide bonds. The highest BCUT2D eigenvalue weighted by Crippen LogP contribution is 2.40. The topological polar surface area (TPSA) is 73.2 Å². The molecular formula is C14H19N3O2. The number of aryl methyl sites for hydroxylation is 1. The molecule has 0 fully saturated rings. The van der Waals surface area contributed by atoms with Gasteiger partial charge in [0.15, 0.2) is 11.5 Å². The van der Waals surface area contributed by atoms with E-state index in [1.807, 2.05) is 13.0 Å². The van der Waals surface area contributed by atoms with E-state index in [9.17, 15) is 0 Å². The Labute approximate surface area is 112 Å². The van der Waals surface area contributed by atoms with Crippen LogP contribution in [0.4, 0.5) is 0 Å². The monoisotopic (exact) mass is 261 g/mol. The lowest BCUT2D eigenvalue weighted by molar-refractivity contribution is 0.355. The molecule has 0 aliphatic rings. The van der Waals surface area contributed by atoms with Crippen molar-refractivity contribution in [2.45, 2.75) is 13.3 Å². The highest BCUT2D eigenvalue weighted by molar-refractivity contribution is 5.75. The highest BCUT2D eigenvalue weighted by Gasteiger charge is 2.16. The van der Waals surface area contributed by atoms with Gasteiger partial charge in [0.2, 0.25) is 0 Å². The van der Waals surface area contributed by atoms with Crippen LogP contribution < -0.4 is 15.2 Å². The first-order chi connectivity index (χ1) is 9.21. The van der Waals surface area contributed by atoms with Crippen LogP contribution in [-0.2, 0) is 6.42 Å². The number of nitrogens with zero attached hydrogens (tertiary/aromatic N) is 1. The Balaban J connectivity index is 2.62. The summed E-state index contributed by atoms with van der Waals surface area (Å²) in [5.74, 6) is 1.43. The molecule has 1 aromatic carbocycles. The van der Waals surface area contributed by atoms with E-state index < -0.39 is 0 Å². The predicted octanol–water partition coefficient (Wildman–Crippen LogP) is 1.90. The number of methoxy groups -OCH3 is 2. The molecule has 0 atom stereocenters. The zero-order valence-corrected chi connectivity index (χ0v) is 11.5. The quantitative estimate of drug-likeness (QED) is 0.862. The minimum atomic E-state index is 0.597. The van der Waals surface area contributed by atoms with Gasteiger partial charge in [0.25, 0.3) is 0 Å². The summed E-state index contributed by atoms with van der Waals surface area (Å²) >= 11 is 0. The van der Waals surface area contributed by atoms with Crippen molar-refractivity contribution in [2.24, 2.45) is 5.73 Å². The van der Waals surface area contributed by atoms with Crippen molar-refractivity contribution < 1.29 is 9.47 Å². The van der Waals surface area contributed by atoms with Crippen LogP contribution in [0.1, 0.15) is 11.3 Å². The van der Waals surface area contributed by atoms with Crippen molar-refractivity contribution in [1.82, 2.24) is 10.2 Å². The Hall–Kier alpha value is -2.01. The predicted molar refractivity (Wildman–Crippen MR) is 74.6 cm³/mol. The van der Waals surface area contributed by atoms with Gasteiger partial charge in [-0.3, -0.25) is 5.10 Å². The first-order valence-corrected chi connectivity index (χ1v) is 6.16. The van der Waals surface area contributed by atoms with Gasteiger partial charge in [-0.25, -0.2) is 0 Å². The number of aromatic amines is 1. The van der Waals surface area contributed by atoms with Gasteiger partial charge in [0.05, 0.1) is 20.4 Å².